The van der Waals surface area contributed by atoms with Crippen molar-refractivity contribution in [2.24, 2.45) is 0 Å². The number of rotatable bonds is 1. The molecule has 84 valence electrons. The van der Waals surface area contributed by atoms with Crippen LogP contribution in [0.2, 0.25) is 0 Å². The number of hydrogen-bond donors (Lipinski definition) is 1. The molecule has 1 heterocycles. The van der Waals surface area contributed by atoms with Gasteiger partial charge in [-0.25, -0.2) is 8.42 Å². The predicted octanol–water partition coefficient (Wildman–Crippen LogP) is -0.0549. The highest BCUT2D eigenvalue weighted by Gasteiger charge is 2.58. The van der Waals surface area contributed by atoms with Gasteiger partial charge in [-0.05, 0) is 0 Å². The third kappa shape index (κ3) is 2.01. The van der Waals surface area contributed by atoms with Crippen molar-refractivity contribution in [3.8, 4) is 0 Å². The predicted molar refractivity (Wildman–Crippen MR) is 42.0 cm³/mol. The molecule has 0 spiro atoms. The first-order chi connectivity index (χ1) is 6.06. The molecule has 1 N–H and O–H groups in total. The number of hydrogen-bond acceptors (Lipinski definition) is 3. The van der Waals surface area contributed by atoms with Crippen LogP contribution in [-0.4, -0.2) is 49.0 Å². The molecule has 1 aliphatic rings. The van der Waals surface area contributed by atoms with Crippen LogP contribution in [0.5, 0.6) is 0 Å². The van der Waals surface area contributed by atoms with E-state index in [9.17, 15) is 21.6 Å². The summed E-state index contributed by atoms with van der Waals surface area (Å²) in [5.41, 5.74) is -2.89. The quantitative estimate of drug-likeness (QED) is 0.690. The highest BCUT2D eigenvalue weighted by atomic mass is 32.2. The molecular weight excluding hydrogens is 223 g/mol. The van der Waals surface area contributed by atoms with Gasteiger partial charge in [-0.2, -0.15) is 17.5 Å². The van der Waals surface area contributed by atoms with Gasteiger partial charge in [0.15, 0.2) is 5.60 Å². The number of halogens is 3. The van der Waals surface area contributed by atoms with Gasteiger partial charge in [0.05, 0.1) is 12.8 Å². The molecule has 0 saturated carbocycles. The Morgan fingerprint density at radius 2 is 1.93 bits per heavy atom. The Bertz CT molecular complexity index is 326. The molecule has 1 atom stereocenters. The van der Waals surface area contributed by atoms with Crippen molar-refractivity contribution in [2.45, 2.75) is 18.2 Å². The summed E-state index contributed by atoms with van der Waals surface area (Å²) in [4.78, 5) is 0. The van der Waals surface area contributed by atoms with Crippen molar-refractivity contribution >= 4 is 10.0 Å². The summed E-state index contributed by atoms with van der Waals surface area (Å²) in [5.74, 6) is 0. The van der Waals surface area contributed by atoms with Crippen molar-refractivity contribution < 1.29 is 26.7 Å². The van der Waals surface area contributed by atoms with Crippen molar-refractivity contribution in [3.05, 3.63) is 0 Å². The maximum atomic E-state index is 12.2. The normalized spacial score (nSPS) is 30.9. The SMILES string of the molecule is CS(=O)(=O)N1CC[C@@](O)(C(F)(F)F)C1. The number of alkyl halides is 3. The number of sulfonamides is 1. The van der Waals surface area contributed by atoms with E-state index in [0.29, 0.717) is 4.31 Å². The van der Waals surface area contributed by atoms with Gasteiger partial charge in [0, 0.05) is 13.0 Å². The lowest BCUT2D eigenvalue weighted by Gasteiger charge is -2.25. The van der Waals surface area contributed by atoms with Gasteiger partial charge in [-0.3, -0.25) is 0 Å². The van der Waals surface area contributed by atoms with Crippen LogP contribution >= 0.6 is 0 Å². The van der Waals surface area contributed by atoms with E-state index in [1.54, 1.807) is 0 Å². The van der Waals surface area contributed by atoms with Crippen LogP contribution in [0.3, 0.4) is 0 Å². The Morgan fingerprint density at radius 1 is 1.43 bits per heavy atom. The van der Waals surface area contributed by atoms with Crippen molar-refractivity contribution in [1.82, 2.24) is 4.31 Å². The lowest BCUT2D eigenvalue weighted by Crippen LogP contribution is -2.47. The largest absolute Gasteiger partial charge is 0.418 e. The highest BCUT2D eigenvalue weighted by molar-refractivity contribution is 7.88. The first-order valence-electron chi connectivity index (χ1n) is 3.80. The molecule has 0 amide bonds. The maximum Gasteiger partial charge on any atom is 0.418 e. The van der Waals surface area contributed by atoms with Gasteiger partial charge in [-0.1, -0.05) is 0 Å². The van der Waals surface area contributed by atoms with Gasteiger partial charge >= 0.3 is 6.18 Å². The van der Waals surface area contributed by atoms with E-state index in [-0.39, 0.29) is 6.54 Å². The monoisotopic (exact) mass is 233 g/mol. The third-order valence-electron chi connectivity index (χ3n) is 2.21. The second-order valence-electron chi connectivity index (χ2n) is 3.38. The van der Waals surface area contributed by atoms with E-state index in [1.807, 2.05) is 0 Å². The molecule has 0 radical (unpaired) electrons. The average Bonchev–Trinajstić information content (AvgIpc) is 2.29. The first kappa shape index (κ1) is 11.7. The van der Waals surface area contributed by atoms with Crippen molar-refractivity contribution in [3.63, 3.8) is 0 Å². The zero-order chi connectivity index (χ0) is 11.2. The molecule has 1 fully saturated rings. The van der Waals surface area contributed by atoms with Crippen LogP contribution < -0.4 is 0 Å². The van der Waals surface area contributed by atoms with E-state index in [4.69, 9.17) is 5.11 Å². The Hall–Kier alpha value is -0.340. The standard InChI is InChI=1S/C6H10F3NO3S/c1-14(12,13)10-3-2-5(11,4-10)6(7,8)9/h11H,2-4H2,1H3/t5-/m0/s1. The fourth-order valence-corrected chi connectivity index (χ4v) is 2.14. The van der Waals surface area contributed by atoms with Crippen LogP contribution in [0.1, 0.15) is 6.42 Å². The number of nitrogens with zero attached hydrogens (tertiary/aromatic N) is 1. The van der Waals surface area contributed by atoms with Gasteiger partial charge in [0.1, 0.15) is 0 Å². The minimum absolute atomic E-state index is 0.297. The van der Waals surface area contributed by atoms with Crippen LogP contribution in [-0.2, 0) is 10.0 Å². The van der Waals surface area contributed by atoms with E-state index in [0.717, 1.165) is 6.26 Å². The molecule has 1 saturated heterocycles. The maximum absolute atomic E-state index is 12.2. The van der Waals surface area contributed by atoms with Crippen LogP contribution in [0.15, 0.2) is 0 Å². The summed E-state index contributed by atoms with van der Waals surface area (Å²) in [6.07, 6.45) is -4.58. The smallest absolute Gasteiger partial charge is 0.379 e. The van der Waals surface area contributed by atoms with Gasteiger partial charge in [0.2, 0.25) is 10.0 Å². The number of β-amino-alcohol motifs (C(OH)–C–C–N with tert-alkyl or cyclic N) is 1. The minimum atomic E-state index is -4.79. The Balaban J connectivity index is 2.85. The molecular formula is C6H10F3NO3S. The Kier molecular flexibility index (Phi) is 2.58. The molecule has 8 heteroatoms. The van der Waals surface area contributed by atoms with E-state index in [1.165, 1.54) is 0 Å². The summed E-state index contributed by atoms with van der Waals surface area (Å²) in [5, 5.41) is 9.13. The molecule has 14 heavy (non-hydrogen) atoms. The molecule has 0 aliphatic carbocycles. The fourth-order valence-electron chi connectivity index (χ4n) is 1.27. The van der Waals surface area contributed by atoms with Crippen LogP contribution in [0, 0.1) is 0 Å². The van der Waals surface area contributed by atoms with Gasteiger partial charge in [-0.15, -0.1) is 0 Å². The molecule has 0 bridgehead atoms. The third-order valence-corrected chi connectivity index (χ3v) is 3.46. The molecule has 4 nitrogen and oxygen atoms in total. The van der Waals surface area contributed by atoms with Crippen LogP contribution in [0.25, 0.3) is 0 Å². The topological polar surface area (TPSA) is 57.6 Å². The number of aliphatic hydroxyl groups is 1. The molecule has 1 aliphatic heterocycles. The molecule has 0 unspecified atom stereocenters. The average molecular weight is 233 g/mol. The zero-order valence-corrected chi connectivity index (χ0v) is 8.19. The summed E-state index contributed by atoms with van der Waals surface area (Å²) < 4.78 is 59.1. The summed E-state index contributed by atoms with van der Waals surface area (Å²) in [6, 6.07) is 0. The van der Waals surface area contributed by atoms with Gasteiger partial charge < -0.3 is 5.11 Å². The van der Waals surface area contributed by atoms with Crippen LogP contribution in [0.4, 0.5) is 13.2 Å². The zero-order valence-electron chi connectivity index (χ0n) is 7.37. The molecule has 0 aromatic carbocycles. The minimum Gasteiger partial charge on any atom is -0.379 e. The van der Waals surface area contributed by atoms with Crippen molar-refractivity contribution in [2.75, 3.05) is 19.3 Å². The second kappa shape index (κ2) is 3.07. The van der Waals surface area contributed by atoms with E-state index in [2.05, 4.69) is 0 Å². The Morgan fingerprint density at radius 3 is 2.14 bits per heavy atom. The first-order valence-corrected chi connectivity index (χ1v) is 5.65. The van der Waals surface area contributed by atoms with Crippen molar-refractivity contribution in [1.29, 1.82) is 0 Å². The lowest BCUT2D eigenvalue weighted by molar-refractivity contribution is -0.252. The van der Waals surface area contributed by atoms with Gasteiger partial charge in [0.25, 0.3) is 0 Å². The van der Waals surface area contributed by atoms with E-state index >= 15 is 0 Å². The highest BCUT2D eigenvalue weighted by Crippen LogP contribution is 2.38. The molecule has 1 rings (SSSR count). The Labute approximate surface area is 79.4 Å². The molecule has 0 aromatic heterocycles. The molecule has 0 aromatic rings. The summed E-state index contributed by atoms with van der Waals surface area (Å²) in [7, 11) is -3.66. The summed E-state index contributed by atoms with van der Waals surface area (Å²) in [6.45, 7) is -1.20. The lowest BCUT2D eigenvalue weighted by atomic mass is 10.0. The summed E-state index contributed by atoms with van der Waals surface area (Å²) >= 11 is 0. The fraction of sp³-hybridized carbons (Fsp3) is 1.00. The van der Waals surface area contributed by atoms with E-state index < -0.39 is 34.8 Å². The second-order valence-corrected chi connectivity index (χ2v) is 5.36.